The van der Waals surface area contributed by atoms with Crippen molar-refractivity contribution in [3.05, 3.63) is 0 Å². The fraction of sp³-hybridized carbons (Fsp3) is 0.933. The van der Waals surface area contributed by atoms with Crippen LogP contribution in [0.3, 0.4) is 0 Å². The van der Waals surface area contributed by atoms with E-state index in [-0.39, 0.29) is 0 Å². The first-order chi connectivity index (χ1) is 8.72. The van der Waals surface area contributed by atoms with Crippen molar-refractivity contribution in [1.82, 2.24) is 9.80 Å². The van der Waals surface area contributed by atoms with Gasteiger partial charge in [0.2, 0.25) is 0 Å². The molecule has 1 heterocycles. The highest BCUT2D eigenvalue weighted by Crippen LogP contribution is 2.29. The molecule has 3 rings (SSSR count). The molecule has 0 radical (unpaired) electrons. The molecule has 1 aliphatic heterocycles. The number of nitrogens with zero attached hydrogens (tertiary/aromatic N) is 2. The molecular weight excluding hydrogens is 224 g/mol. The first kappa shape index (κ1) is 12.6. The Labute approximate surface area is 111 Å². The Kier molecular flexibility index (Phi) is 3.71. The number of carbonyl (C=O) groups is 1. The van der Waals surface area contributed by atoms with Gasteiger partial charge in [0.1, 0.15) is 5.78 Å². The topological polar surface area (TPSA) is 23.6 Å². The normalized spacial score (nSPS) is 35.9. The number of rotatable bonds is 3. The molecule has 0 aromatic rings. The Morgan fingerprint density at radius 3 is 2.50 bits per heavy atom. The zero-order valence-electron chi connectivity index (χ0n) is 11.6. The summed E-state index contributed by atoms with van der Waals surface area (Å²) in [5.74, 6) is 1.61. The van der Waals surface area contributed by atoms with Crippen LogP contribution in [-0.4, -0.2) is 54.3 Å². The van der Waals surface area contributed by atoms with Gasteiger partial charge in [-0.15, -0.1) is 0 Å². The molecule has 3 aliphatic rings. The number of piperazine rings is 1. The summed E-state index contributed by atoms with van der Waals surface area (Å²) in [6.45, 7) is 8.12. The minimum Gasteiger partial charge on any atom is -0.300 e. The van der Waals surface area contributed by atoms with E-state index in [1.54, 1.807) is 0 Å². The minimum atomic E-state index is 0.334. The van der Waals surface area contributed by atoms with Crippen molar-refractivity contribution in [2.45, 2.75) is 45.1 Å². The number of Topliss-reactive ketones (excluding diaryl/α,β-unsaturated/α-hetero) is 1. The van der Waals surface area contributed by atoms with Crippen molar-refractivity contribution in [3.8, 4) is 0 Å². The van der Waals surface area contributed by atoms with E-state index in [4.69, 9.17) is 0 Å². The predicted molar refractivity (Wildman–Crippen MR) is 72.5 cm³/mol. The molecule has 3 heteroatoms. The van der Waals surface area contributed by atoms with Gasteiger partial charge in [0.25, 0.3) is 0 Å². The molecule has 0 bridgehead atoms. The summed E-state index contributed by atoms with van der Waals surface area (Å²) in [6.07, 6.45) is 5.90. The smallest absolute Gasteiger partial charge is 0.137 e. The lowest BCUT2D eigenvalue weighted by atomic mass is 9.81. The van der Waals surface area contributed by atoms with Crippen molar-refractivity contribution in [2.24, 2.45) is 11.8 Å². The van der Waals surface area contributed by atoms with Gasteiger partial charge in [0, 0.05) is 51.1 Å². The summed E-state index contributed by atoms with van der Waals surface area (Å²) >= 11 is 0. The first-order valence-electron chi connectivity index (χ1n) is 7.71. The van der Waals surface area contributed by atoms with Gasteiger partial charge in [-0.3, -0.25) is 9.69 Å². The lowest BCUT2D eigenvalue weighted by molar-refractivity contribution is -0.126. The summed E-state index contributed by atoms with van der Waals surface area (Å²) in [7, 11) is 0. The molecule has 3 nitrogen and oxygen atoms in total. The fourth-order valence-electron chi connectivity index (χ4n) is 3.57. The third-order valence-electron chi connectivity index (χ3n) is 4.97. The van der Waals surface area contributed by atoms with E-state index in [2.05, 4.69) is 16.7 Å². The summed E-state index contributed by atoms with van der Waals surface area (Å²) in [4.78, 5) is 17.1. The lowest BCUT2D eigenvalue weighted by Gasteiger charge is -2.37. The third kappa shape index (κ3) is 2.94. The molecule has 2 aliphatic carbocycles. The molecule has 3 fully saturated rings. The Morgan fingerprint density at radius 1 is 1.11 bits per heavy atom. The summed E-state index contributed by atoms with van der Waals surface area (Å²) in [5, 5.41) is 0. The van der Waals surface area contributed by atoms with E-state index in [1.165, 1.54) is 39.0 Å². The SMILES string of the molecule is CC1CCC(=O)C(CN2CCN(C3CC3)CC2)C1. The molecule has 2 unspecified atom stereocenters. The van der Waals surface area contributed by atoms with Crippen molar-refractivity contribution in [2.75, 3.05) is 32.7 Å². The minimum absolute atomic E-state index is 0.334. The Bertz CT molecular complexity index is 306. The average molecular weight is 250 g/mol. The van der Waals surface area contributed by atoms with Gasteiger partial charge < -0.3 is 4.90 Å². The van der Waals surface area contributed by atoms with E-state index < -0.39 is 0 Å². The maximum Gasteiger partial charge on any atom is 0.137 e. The molecule has 0 aromatic heterocycles. The molecule has 0 aromatic carbocycles. The maximum absolute atomic E-state index is 12.0. The fourth-order valence-corrected chi connectivity index (χ4v) is 3.57. The Balaban J connectivity index is 1.46. The lowest BCUT2D eigenvalue weighted by Crippen LogP contribution is -2.49. The van der Waals surface area contributed by atoms with Gasteiger partial charge >= 0.3 is 0 Å². The molecular formula is C15H26N2O. The number of carbonyl (C=O) groups excluding carboxylic acids is 1. The van der Waals surface area contributed by atoms with Crippen LogP contribution in [-0.2, 0) is 4.79 Å². The second-order valence-electron chi connectivity index (χ2n) is 6.61. The van der Waals surface area contributed by atoms with Gasteiger partial charge in [-0.25, -0.2) is 0 Å². The van der Waals surface area contributed by atoms with Crippen LogP contribution in [0.4, 0.5) is 0 Å². The van der Waals surface area contributed by atoms with Crippen LogP contribution < -0.4 is 0 Å². The van der Waals surface area contributed by atoms with Crippen LogP contribution in [0.2, 0.25) is 0 Å². The van der Waals surface area contributed by atoms with Crippen LogP contribution in [0.15, 0.2) is 0 Å². The van der Waals surface area contributed by atoms with E-state index in [1.807, 2.05) is 0 Å². The second-order valence-corrected chi connectivity index (χ2v) is 6.61. The molecule has 1 saturated heterocycles. The Hall–Kier alpha value is -0.410. The van der Waals surface area contributed by atoms with E-state index in [9.17, 15) is 4.79 Å². The van der Waals surface area contributed by atoms with Crippen LogP contribution in [0, 0.1) is 11.8 Å². The second kappa shape index (κ2) is 5.30. The van der Waals surface area contributed by atoms with Crippen molar-refractivity contribution in [3.63, 3.8) is 0 Å². The highest BCUT2D eigenvalue weighted by atomic mass is 16.1. The molecule has 18 heavy (non-hydrogen) atoms. The Morgan fingerprint density at radius 2 is 1.83 bits per heavy atom. The first-order valence-corrected chi connectivity index (χ1v) is 7.71. The summed E-state index contributed by atoms with van der Waals surface area (Å²) in [5.41, 5.74) is 0. The van der Waals surface area contributed by atoms with Crippen molar-refractivity contribution >= 4 is 5.78 Å². The number of hydrogen-bond donors (Lipinski definition) is 0. The molecule has 102 valence electrons. The molecule has 0 spiro atoms. The zero-order valence-corrected chi connectivity index (χ0v) is 11.6. The quantitative estimate of drug-likeness (QED) is 0.763. The van der Waals surface area contributed by atoms with Gasteiger partial charge in [-0.1, -0.05) is 6.92 Å². The summed E-state index contributed by atoms with van der Waals surface area (Å²) < 4.78 is 0. The maximum atomic E-state index is 12.0. The van der Waals surface area contributed by atoms with Crippen LogP contribution in [0.25, 0.3) is 0 Å². The van der Waals surface area contributed by atoms with Crippen molar-refractivity contribution in [1.29, 1.82) is 0 Å². The number of ketones is 1. The molecule has 2 atom stereocenters. The highest BCUT2D eigenvalue weighted by molar-refractivity contribution is 5.81. The molecule has 0 N–H and O–H groups in total. The van der Waals surface area contributed by atoms with Gasteiger partial charge in [0.15, 0.2) is 0 Å². The van der Waals surface area contributed by atoms with Gasteiger partial charge in [0.05, 0.1) is 0 Å². The predicted octanol–water partition coefficient (Wildman–Crippen LogP) is 1.77. The monoisotopic (exact) mass is 250 g/mol. The third-order valence-corrected chi connectivity index (χ3v) is 4.97. The van der Waals surface area contributed by atoms with E-state index >= 15 is 0 Å². The van der Waals surface area contributed by atoms with Crippen LogP contribution in [0.1, 0.15) is 39.0 Å². The average Bonchev–Trinajstić information content (AvgIpc) is 3.19. The van der Waals surface area contributed by atoms with Gasteiger partial charge in [-0.05, 0) is 31.6 Å². The van der Waals surface area contributed by atoms with E-state index in [0.29, 0.717) is 11.7 Å². The largest absolute Gasteiger partial charge is 0.300 e. The summed E-state index contributed by atoms with van der Waals surface area (Å²) in [6, 6.07) is 0.906. The zero-order chi connectivity index (χ0) is 12.5. The van der Waals surface area contributed by atoms with E-state index in [0.717, 1.165) is 37.8 Å². The van der Waals surface area contributed by atoms with Gasteiger partial charge in [-0.2, -0.15) is 0 Å². The van der Waals surface area contributed by atoms with Crippen molar-refractivity contribution < 1.29 is 4.79 Å². The highest BCUT2D eigenvalue weighted by Gasteiger charge is 2.33. The standard InChI is InChI=1S/C15H26N2O/c1-12-2-5-15(18)13(10-12)11-16-6-8-17(9-7-16)14-3-4-14/h12-14H,2-11H2,1H3. The number of hydrogen-bond acceptors (Lipinski definition) is 3. The van der Waals surface area contributed by atoms with Crippen LogP contribution in [0.5, 0.6) is 0 Å². The molecule has 0 amide bonds. The van der Waals surface area contributed by atoms with Crippen LogP contribution >= 0.6 is 0 Å². The molecule has 2 saturated carbocycles.